The van der Waals surface area contributed by atoms with Gasteiger partial charge in [0.05, 0.1) is 13.2 Å². The number of unbranched alkanes of at least 4 members (excludes halogenated alkanes) is 2. The molecule has 0 saturated heterocycles. The summed E-state index contributed by atoms with van der Waals surface area (Å²) in [5.41, 5.74) is 1.47. The Bertz CT molecular complexity index is 954. The lowest BCUT2D eigenvalue weighted by Crippen LogP contribution is -2.24. The third-order valence-corrected chi connectivity index (χ3v) is 4.76. The van der Waals surface area contributed by atoms with Gasteiger partial charge in [0.2, 0.25) is 0 Å². The summed E-state index contributed by atoms with van der Waals surface area (Å²) < 4.78 is 13.3. The number of aryl methyl sites for hydroxylation is 1. The molecule has 0 aliphatic carbocycles. The molecule has 1 aliphatic rings. The Hall–Kier alpha value is -3.09. The van der Waals surface area contributed by atoms with Crippen LogP contribution in [-0.2, 0) is 6.42 Å². The van der Waals surface area contributed by atoms with Gasteiger partial charge in [-0.1, -0.05) is 12.5 Å². The summed E-state index contributed by atoms with van der Waals surface area (Å²) in [7, 11) is 0. The fourth-order valence-corrected chi connectivity index (χ4v) is 3.25. The van der Waals surface area contributed by atoms with Crippen LogP contribution in [-0.4, -0.2) is 40.3 Å². The van der Waals surface area contributed by atoms with Gasteiger partial charge < -0.3 is 14.8 Å². The van der Waals surface area contributed by atoms with Crippen LogP contribution in [0.5, 0.6) is 11.5 Å². The Balaban J connectivity index is 1.20. The van der Waals surface area contributed by atoms with Crippen LogP contribution in [0.25, 0.3) is 5.65 Å². The Kier molecular flexibility index (Phi) is 5.70. The predicted octanol–water partition coefficient (Wildman–Crippen LogP) is 3.03. The van der Waals surface area contributed by atoms with Gasteiger partial charge in [0.1, 0.15) is 5.82 Å². The maximum atomic E-state index is 12.4. The fourth-order valence-electron chi connectivity index (χ4n) is 3.25. The van der Waals surface area contributed by atoms with Crippen molar-refractivity contribution in [3.8, 4) is 11.5 Å². The lowest BCUT2D eigenvalue weighted by molar-refractivity contribution is 0.0952. The van der Waals surface area contributed by atoms with E-state index in [9.17, 15) is 4.79 Å². The average Bonchev–Trinajstić information content (AvgIpc) is 2.98. The first-order valence-corrected chi connectivity index (χ1v) is 9.78. The molecule has 28 heavy (non-hydrogen) atoms. The standard InChI is InChI=1S/C21H24N4O3/c26-21(16-9-10-17-18(15-16)28-14-6-13-27-17)22-11-4-1-2-7-19-23-24-20-8-3-5-12-25(19)20/h3,5,8-10,12,15H,1-2,4,6-7,11,13-14H2,(H,22,26). The number of fused-ring (bicyclic) bond motifs is 2. The Morgan fingerprint density at radius 2 is 1.93 bits per heavy atom. The van der Waals surface area contributed by atoms with Crippen molar-refractivity contribution in [1.82, 2.24) is 19.9 Å². The van der Waals surface area contributed by atoms with Gasteiger partial charge in [0.25, 0.3) is 5.91 Å². The summed E-state index contributed by atoms with van der Waals surface area (Å²) in [5.74, 6) is 2.24. The maximum Gasteiger partial charge on any atom is 0.251 e. The van der Waals surface area contributed by atoms with Crippen LogP contribution < -0.4 is 14.8 Å². The van der Waals surface area contributed by atoms with Crippen molar-refractivity contribution < 1.29 is 14.3 Å². The van der Waals surface area contributed by atoms with Crippen molar-refractivity contribution in [2.45, 2.75) is 32.1 Å². The van der Waals surface area contributed by atoms with Crippen LogP contribution in [0.15, 0.2) is 42.6 Å². The molecule has 0 atom stereocenters. The van der Waals surface area contributed by atoms with Crippen LogP contribution in [0.1, 0.15) is 41.9 Å². The predicted molar refractivity (Wildman–Crippen MR) is 105 cm³/mol. The molecule has 3 aromatic rings. The number of hydrogen-bond donors (Lipinski definition) is 1. The minimum atomic E-state index is -0.0842. The molecule has 2 aromatic heterocycles. The van der Waals surface area contributed by atoms with E-state index in [0.717, 1.165) is 43.6 Å². The number of carbonyl (C=O) groups excluding carboxylic acids is 1. The molecular weight excluding hydrogens is 356 g/mol. The zero-order chi connectivity index (χ0) is 19.2. The second-order valence-electron chi connectivity index (χ2n) is 6.82. The van der Waals surface area contributed by atoms with E-state index in [1.165, 1.54) is 0 Å². The largest absolute Gasteiger partial charge is 0.490 e. The lowest BCUT2D eigenvalue weighted by Gasteiger charge is -2.10. The highest BCUT2D eigenvalue weighted by atomic mass is 16.5. The molecule has 7 heteroatoms. The number of rotatable bonds is 7. The van der Waals surface area contributed by atoms with Crippen molar-refractivity contribution in [2.75, 3.05) is 19.8 Å². The molecule has 3 heterocycles. The monoisotopic (exact) mass is 380 g/mol. The first-order chi connectivity index (χ1) is 13.8. The summed E-state index contributed by atoms with van der Waals surface area (Å²) in [6, 6.07) is 11.2. The lowest BCUT2D eigenvalue weighted by atomic mass is 10.1. The number of ether oxygens (including phenoxy) is 2. The number of amides is 1. The van der Waals surface area contributed by atoms with Crippen LogP contribution in [0.3, 0.4) is 0 Å². The normalized spacial score (nSPS) is 13.3. The van der Waals surface area contributed by atoms with E-state index in [4.69, 9.17) is 9.47 Å². The highest BCUT2D eigenvalue weighted by Crippen LogP contribution is 2.30. The molecule has 1 N–H and O–H groups in total. The van der Waals surface area contributed by atoms with Crippen LogP contribution >= 0.6 is 0 Å². The van der Waals surface area contributed by atoms with Crippen molar-refractivity contribution in [3.63, 3.8) is 0 Å². The first kappa shape index (κ1) is 18.3. The number of pyridine rings is 1. The van der Waals surface area contributed by atoms with E-state index >= 15 is 0 Å². The van der Waals surface area contributed by atoms with E-state index in [0.29, 0.717) is 36.8 Å². The molecule has 0 fully saturated rings. The van der Waals surface area contributed by atoms with Gasteiger partial charge in [0, 0.05) is 31.1 Å². The second kappa shape index (κ2) is 8.73. The van der Waals surface area contributed by atoms with Gasteiger partial charge in [-0.05, 0) is 43.2 Å². The number of nitrogens with one attached hydrogen (secondary N) is 1. The molecule has 0 bridgehead atoms. The van der Waals surface area contributed by atoms with E-state index in [1.807, 2.05) is 28.8 Å². The van der Waals surface area contributed by atoms with Gasteiger partial charge >= 0.3 is 0 Å². The van der Waals surface area contributed by atoms with E-state index in [1.54, 1.807) is 18.2 Å². The molecule has 4 rings (SSSR count). The van der Waals surface area contributed by atoms with Crippen LogP contribution in [0.4, 0.5) is 0 Å². The molecule has 0 radical (unpaired) electrons. The van der Waals surface area contributed by atoms with Crippen LogP contribution in [0.2, 0.25) is 0 Å². The second-order valence-corrected chi connectivity index (χ2v) is 6.82. The van der Waals surface area contributed by atoms with Crippen molar-refractivity contribution in [2.24, 2.45) is 0 Å². The smallest absolute Gasteiger partial charge is 0.251 e. The number of hydrogen-bond acceptors (Lipinski definition) is 5. The molecule has 1 aliphatic heterocycles. The van der Waals surface area contributed by atoms with Crippen LogP contribution in [0, 0.1) is 0 Å². The molecule has 146 valence electrons. The van der Waals surface area contributed by atoms with Gasteiger partial charge in [0.15, 0.2) is 17.1 Å². The van der Waals surface area contributed by atoms with Gasteiger partial charge in [-0.3, -0.25) is 9.20 Å². The SMILES string of the molecule is O=C(NCCCCCc1nnc2ccccn12)c1ccc2c(c1)OCCCO2. The average molecular weight is 380 g/mol. The summed E-state index contributed by atoms with van der Waals surface area (Å²) >= 11 is 0. The number of carbonyl (C=O) groups is 1. The van der Waals surface area contributed by atoms with Crippen molar-refractivity contribution in [3.05, 3.63) is 54.0 Å². The highest BCUT2D eigenvalue weighted by Gasteiger charge is 2.13. The van der Waals surface area contributed by atoms with Crippen molar-refractivity contribution >= 4 is 11.6 Å². The molecule has 1 amide bonds. The first-order valence-electron chi connectivity index (χ1n) is 9.78. The Labute approximate surface area is 163 Å². The molecule has 1 aromatic carbocycles. The van der Waals surface area contributed by atoms with E-state index in [2.05, 4.69) is 15.5 Å². The number of aromatic nitrogens is 3. The number of benzene rings is 1. The topological polar surface area (TPSA) is 77.8 Å². The summed E-state index contributed by atoms with van der Waals surface area (Å²) in [6.45, 7) is 1.90. The number of nitrogens with zero attached hydrogens (tertiary/aromatic N) is 3. The molecule has 0 saturated carbocycles. The van der Waals surface area contributed by atoms with E-state index < -0.39 is 0 Å². The zero-order valence-corrected chi connectivity index (χ0v) is 15.8. The molecule has 0 unspecified atom stereocenters. The summed E-state index contributed by atoms with van der Waals surface area (Å²) in [4.78, 5) is 12.4. The third-order valence-electron chi connectivity index (χ3n) is 4.76. The van der Waals surface area contributed by atoms with Gasteiger partial charge in [-0.2, -0.15) is 0 Å². The summed E-state index contributed by atoms with van der Waals surface area (Å²) in [6.07, 6.45) is 6.66. The third kappa shape index (κ3) is 4.24. The Morgan fingerprint density at radius 1 is 1.04 bits per heavy atom. The highest BCUT2D eigenvalue weighted by molar-refractivity contribution is 5.94. The van der Waals surface area contributed by atoms with Gasteiger partial charge in [-0.15, -0.1) is 10.2 Å². The minimum absolute atomic E-state index is 0.0842. The van der Waals surface area contributed by atoms with Crippen molar-refractivity contribution in [1.29, 1.82) is 0 Å². The maximum absolute atomic E-state index is 12.4. The van der Waals surface area contributed by atoms with Gasteiger partial charge in [-0.25, -0.2) is 0 Å². The van der Waals surface area contributed by atoms with E-state index in [-0.39, 0.29) is 5.91 Å². The summed E-state index contributed by atoms with van der Waals surface area (Å²) in [5, 5.41) is 11.4. The quantitative estimate of drug-likeness (QED) is 0.638. The minimum Gasteiger partial charge on any atom is -0.490 e. The molecule has 0 spiro atoms. The molecular formula is C21H24N4O3. The Morgan fingerprint density at radius 3 is 2.86 bits per heavy atom. The molecule has 7 nitrogen and oxygen atoms in total. The fraction of sp³-hybridized carbons (Fsp3) is 0.381. The zero-order valence-electron chi connectivity index (χ0n) is 15.8.